The number of nitrogens with one attached hydrogen (secondary N) is 1. The fourth-order valence-corrected chi connectivity index (χ4v) is 3.48. The second-order valence-corrected chi connectivity index (χ2v) is 7.41. The minimum absolute atomic E-state index is 0.00293. The van der Waals surface area contributed by atoms with E-state index in [0.29, 0.717) is 12.4 Å². The van der Waals surface area contributed by atoms with Crippen LogP contribution in [-0.4, -0.2) is 36.3 Å². The van der Waals surface area contributed by atoms with Crippen molar-refractivity contribution >= 4 is 51.7 Å². The third kappa shape index (κ3) is 4.42. The van der Waals surface area contributed by atoms with Gasteiger partial charge in [-0.25, -0.2) is 4.98 Å². The molecular formula is C18H13ClN6O4S. The fourth-order valence-electron chi connectivity index (χ4n) is 2.67. The topological polar surface area (TPSA) is 129 Å². The van der Waals surface area contributed by atoms with E-state index in [0.717, 1.165) is 22.8 Å². The zero-order chi connectivity index (χ0) is 21.1. The molecule has 0 spiro atoms. The van der Waals surface area contributed by atoms with Crippen LogP contribution in [0.1, 0.15) is 5.89 Å². The first-order valence-corrected chi connectivity index (χ1v) is 9.95. The Kier molecular flexibility index (Phi) is 5.63. The number of nitro groups is 1. The van der Waals surface area contributed by atoms with Crippen LogP contribution in [0.5, 0.6) is 0 Å². The van der Waals surface area contributed by atoms with Gasteiger partial charge in [-0.15, -0.1) is 10.2 Å². The van der Waals surface area contributed by atoms with Crippen LogP contribution < -0.4 is 5.32 Å². The number of rotatable bonds is 7. The van der Waals surface area contributed by atoms with Crippen LogP contribution in [0.25, 0.3) is 11.0 Å². The van der Waals surface area contributed by atoms with E-state index >= 15 is 0 Å². The Hall–Kier alpha value is -3.44. The van der Waals surface area contributed by atoms with Gasteiger partial charge in [-0.3, -0.25) is 14.9 Å². The molecule has 2 heterocycles. The molecule has 0 fully saturated rings. The summed E-state index contributed by atoms with van der Waals surface area (Å²) in [7, 11) is 0. The van der Waals surface area contributed by atoms with Crippen LogP contribution >= 0.6 is 23.4 Å². The molecule has 4 aromatic rings. The minimum atomic E-state index is -0.562. The number of anilines is 1. The lowest BCUT2D eigenvalue weighted by atomic mass is 10.3. The van der Waals surface area contributed by atoms with E-state index in [1.807, 2.05) is 28.8 Å². The molecule has 0 aliphatic heterocycles. The highest BCUT2D eigenvalue weighted by Crippen LogP contribution is 2.27. The number of para-hydroxylation sites is 2. The average molecular weight is 445 g/mol. The Morgan fingerprint density at radius 2 is 2.10 bits per heavy atom. The molecule has 0 saturated carbocycles. The van der Waals surface area contributed by atoms with E-state index in [9.17, 15) is 14.9 Å². The van der Waals surface area contributed by atoms with E-state index < -0.39 is 4.92 Å². The lowest BCUT2D eigenvalue weighted by Gasteiger charge is -2.06. The van der Waals surface area contributed by atoms with Crippen LogP contribution in [0.2, 0.25) is 5.02 Å². The summed E-state index contributed by atoms with van der Waals surface area (Å²) in [6, 6.07) is 11.5. The van der Waals surface area contributed by atoms with E-state index in [2.05, 4.69) is 20.5 Å². The molecule has 0 radical (unpaired) electrons. The van der Waals surface area contributed by atoms with E-state index in [4.69, 9.17) is 16.0 Å². The summed E-state index contributed by atoms with van der Waals surface area (Å²) >= 11 is 7.04. The number of imidazole rings is 1. The Morgan fingerprint density at radius 3 is 2.90 bits per heavy atom. The van der Waals surface area contributed by atoms with Crippen molar-refractivity contribution in [3.63, 3.8) is 0 Å². The van der Waals surface area contributed by atoms with Crippen molar-refractivity contribution in [2.45, 2.75) is 11.8 Å². The summed E-state index contributed by atoms with van der Waals surface area (Å²) in [4.78, 5) is 26.6. The highest BCUT2D eigenvalue weighted by Gasteiger charge is 2.14. The number of hydrogen-bond acceptors (Lipinski definition) is 8. The molecule has 0 saturated heterocycles. The maximum absolute atomic E-state index is 12.1. The molecular weight excluding hydrogens is 432 g/mol. The first-order valence-electron chi connectivity index (χ1n) is 8.58. The number of non-ortho nitro benzene ring substituents is 1. The van der Waals surface area contributed by atoms with Crippen LogP contribution in [0, 0.1) is 10.1 Å². The van der Waals surface area contributed by atoms with Crippen LogP contribution in [0.3, 0.4) is 0 Å². The maximum atomic E-state index is 12.1. The molecule has 2 aromatic heterocycles. The number of thioether (sulfide) groups is 1. The Labute approximate surface area is 178 Å². The summed E-state index contributed by atoms with van der Waals surface area (Å²) in [5, 5.41) is 21.6. The molecule has 30 heavy (non-hydrogen) atoms. The predicted octanol–water partition coefficient (Wildman–Crippen LogP) is 3.76. The molecule has 12 heteroatoms. The fraction of sp³-hybridized carbons (Fsp3) is 0.111. The molecule has 10 nitrogen and oxygen atoms in total. The van der Waals surface area contributed by atoms with Crippen molar-refractivity contribution in [3.05, 3.63) is 69.8 Å². The van der Waals surface area contributed by atoms with E-state index in [-0.39, 0.29) is 33.3 Å². The Morgan fingerprint density at radius 1 is 1.27 bits per heavy atom. The number of halogens is 1. The van der Waals surface area contributed by atoms with Gasteiger partial charge in [0.1, 0.15) is 6.54 Å². The van der Waals surface area contributed by atoms with E-state index in [1.165, 1.54) is 18.2 Å². The second kappa shape index (κ2) is 8.51. The number of fused-ring (bicyclic) bond motifs is 1. The molecule has 2 aromatic carbocycles. The molecule has 1 amide bonds. The van der Waals surface area contributed by atoms with Gasteiger partial charge in [0.2, 0.25) is 11.8 Å². The second-order valence-electron chi connectivity index (χ2n) is 6.08. The van der Waals surface area contributed by atoms with Gasteiger partial charge in [0, 0.05) is 12.1 Å². The van der Waals surface area contributed by atoms with Gasteiger partial charge in [0.15, 0.2) is 0 Å². The summed E-state index contributed by atoms with van der Waals surface area (Å²) < 4.78 is 7.47. The van der Waals surface area contributed by atoms with Gasteiger partial charge >= 0.3 is 0 Å². The minimum Gasteiger partial charge on any atom is -0.414 e. The number of nitrogens with zero attached hydrogens (tertiary/aromatic N) is 5. The average Bonchev–Trinajstić information content (AvgIpc) is 3.35. The molecule has 1 N–H and O–H groups in total. The lowest BCUT2D eigenvalue weighted by molar-refractivity contribution is -0.384. The third-order valence-corrected chi connectivity index (χ3v) is 5.18. The number of carbonyl (C=O) groups excluding carboxylic acids is 1. The highest BCUT2D eigenvalue weighted by molar-refractivity contribution is 7.99. The molecule has 0 aliphatic carbocycles. The first-order chi connectivity index (χ1) is 14.5. The van der Waals surface area contributed by atoms with Gasteiger partial charge in [-0.2, -0.15) is 0 Å². The Bertz CT molecular complexity index is 1240. The van der Waals surface area contributed by atoms with Gasteiger partial charge in [-0.05, 0) is 18.2 Å². The molecule has 152 valence electrons. The number of hydrogen-bond donors (Lipinski definition) is 1. The van der Waals surface area contributed by atoms with Crippen molar-refractivity contribution in [2.24, 2.45) is 0 Å². The van der Waals surface area contributed by atoms with Gasteiger partial charge < -0.3 is 14.3 Å². The molecule has 0 atom stereocenters. The molecule has 4 rings (SSSR count). The zero-order valence-corrected chi connectivity index (χ0v) is 16.8. The normalized spacial score (nSPS) is 11.0. The highest BCUT2D eigenvalue weighted by atomic mass is 35.5. The Balaban J connectivity index is 1.34. The summed E-state index contributed by atoms with van der Waals surface area (Å²) in [6.07, 6.45) is 1.70. The SMILES string of the molecule is O=C(CSc1nnc(Cn2cnc3ccccc32)o1)Nc1ccc([N+](=O)[O-])cc1Cl. The number of carbonyl (C=O) groups is 1. The van der Waals surface area contributed by atoms with Crippen molar-refractivity contribution in [3.8, 4) is 0 Å². The largest absolute Gasteiger partial charge is 0.414 e. The molecule has 0 bridgehead atoms. The van der Waals surface area contributed by atoms with Crippen LogP contribution in [0.15, 0.2) is 58.4 Å². The number of aromatic nitrogens is 4. The van der Waals surface area contributed by atoms with Crippen molar-refractivity contribution in [1.82, 2.24) is 19.7 Å². The zero-order valence-electron chi connectivity index (χ0n) is 15.2. The predicted molar refractivity (Wildman–Crippen MR) is 111 cm³/mol. The molecule has 0 aliphatic rings. The van der Waals surface area contributed by atoms with Gasteiger partial charge in [0.05, 0.1) is 38.7 Å². The third-order valence-electron chi connectivity index (χ3n) is 4.05. The smallest absolute Gasteiger partial charge is 0.277 e. The van der Waals surface area contributed by atoms with Gasteiger partial charge in [0.25, 0.3) is 10.9 Å². The summed E-state index contributed by atoms with van der Waals surface area (Å²) in [5.74, 6) is 0.0266. The lowest BCUT2D eigenvalue weighted by Crippen LogP contribution is -2.14. The van der Waals surface area contributed by atoms with Crippen molar-refractivity contribution in [2.75, 3.05) is 11.1 Å². The molecule has 0 unspecified atom stereocenters. The standard InChI is InChI=1S/C18H13ClN6O4S/c19-12-7-11(25(27)28)5-6-13(12)21-16(26)9-30-18-23-22-17(29-18)8-24-10-20-14-3-1-2-4-15(14)24/h1-7,10H,8-9H2,(H,21,26). The van der Waals surface area contributed by atoms with Crippen LogP contribution in [0.4, 0.5) is 11.4 Å². The number of benzene rings is 2. The summed E-state index contributed by atoms with van der Waals surface area (Å²) in [5.41, 5.74) is 1.94. The maximum Gasteiger partial charge on any atom is 0.277 e. The first kappa shape index (κ1) is 19.9. The monoisotopic (exact) mass is 444 g/mol. The van der Waals surface area contributed by atoms with Gasteiger partial charge in [-0.1, -0.05) is 35.5 Å². The number of amides is 1. The summed E-state index contributed by atoms with van der Waals surface area (Å²) in [6.45, 7) is 0.360. The van der Waals surface area contributed by atoms with E-state index in [1.54, 1.807) is 6.33 Å². The van der Waals surface area contributed by atoms with Crippen molar-refractivity contribution in [1.29, 1.82) is 0 Å². The quantitative estimate of drug-likeness (QED) is 0.259. The van der Waals surface area contributed by atoms with Crippen molar-refractivity contribution < 1.29 is 14.1 Å². The number of nitro benzene ring substituents is 1. The van der Waals surface area contributed by atoms with Crippen LogP contribution in [-0.2, 0) is 11.3 Å².